The van der Waals surface area contributed by atoms with Crippen LogP contribution in [0.5, 0.6) is 0 Å². The molecule has 0 unspecified atom stereocenters. The van der Waals surface area contributed by atoms with Crippen LogP contribution < -0.4 is 10.6 Å². The molecule has 0 bridgehead atoms. The predicted octanol–water partition coefficient (Wildman–Crippen LogP) is 4.35. The molecule has 0 saturated heterocycles. The van der Waals surface area contributed by atoms with Crippen LogP contribution >= 0.6 is 0 Å². The molecule has 2 N–H and O–H groups in total. The summed E-state index contributed by atoms with van der Waals surface area (Å²) in [5.41, 5.74) is -0.991. The number of hydrogen-bond donors (Lipinski definition) is 2. The van der Waals surface area contributed by atoms with E-state index in [1.54, 1.807) is 47.9 Å². The van der Waals surface area contributed by atoms with Crippen molar-refractivity contribution in [2.24, 2.45) is 11.3 Å². The van der Waals surface area contributed by atoms with Gasteiger partial charge in [0.25, 0.3) is 0 Å². The van der Waals surface area contributed by atoms with E-state index in [0.29, 0.717) is 11.1 Å². The minimum absolute atomic E-state index is 0.0310. The minimum atomic E-state index is -1.01. The maximum atomic E-state index is 14.0. The van der Waals surface area contributed by atoms with Gasteiger partial charge in [0.05, 0.1) is 18.7 Å². The Morgan fingerprint density at radius 3 is 1.97 bits per heavy atom. The van der Waals surface area contributed by atoms with E-state index in [4.69, 9.17) is 4.74 Å². The highest BCUT2D eigenvalue weighted by Gasteiger charge is 2.42. The van der Waals surface area contributed by atoms with Crippen LogP contribution in [-0.4, -0.2) is 61.5 Å². The number of halogens is 2. The fourth-order valence-corrected chi connectivity index (χ4v) is 4.46. The number of rotatable bonds is 11. The zero-order valence-electron chi connectivity index (χ0n) is 24.7. The van der Waals surface area contributed by atoms with Crippen molar-refractivity contribution in [3.63, 3.8) is 0 Å². The number of benzene rings is 1. The number of nitrogens with zero attached hydrogens (tertiary/aromatic N) is 1. The predicted molar refractivity (Wildman–Crippen MR) is 145 cm³/mol. The van der Waals surface area contributed by atoms with Gasteiger partial charge in [0.2, 0.25) is 11.8 Å². The lowest BCUT2D eigenvalue weighted by Crippen LogP contribution is -2.61. The molecule has 1 aromatic carbocycles. The summed E-state index contributed by atoms with van der Waals surface area (Å²) in [5.74, 6) is -2.77. The third-order valence-electron chi connectivity index (χ3n) is 6.77. The summed E-state index contributed by atoms with van der Waals surface area (Å²) in [6.07, 6.45) is 1.71. The highest BCUT2D eigenvalue weighted by atomic mass is 19.1. The lowest BCUT2D eigenvalue weighted by Gasteiger charge is -2.40. The number of amides is 2. The number of hydrogen-bond acceptors (Lipinski definition) is 5. The third-order valence-corrected chi connectivity index (χ3v) is 6.77. The Bertz CT molecular complexity index is 1010. The fourth-order valence-electron chi connectivity index (χ4n) is 4.46. The molecule has 2 amide bonds. The number of carbonyl (C=O) groups excluding carboxylic acids is 3. The van der Waals surface area contributed by atoms with E-state index >= 15 is 0 Å². The Labute approximate surface area is 226 Å². The van der Waals surface area contributed by atoms with Gasteiger partial charge in [-0.15, -0.1) is 0 Å². The van der Waals surface area contributed by atoms with E-state index in [2.05, 4.69) is 10.6 Å². The van der Waals surface area contributed by atoms with Gasteiger partial charge in [0, 0.05) is 24.1 Å². The molecule has 0 aliphatic carbocycles. The lowest BCUT2D eigenvalue weighted by molar-refractivity contribution is -0.141. The maximum absolute atomic E-state index is 14.0. The minimum Gasteiger partial charge on any atom is -0.463 e. The van der Waals surface area contributed by atoms with Crippen molar-refractivity contribution >= 4 is 17.8 Å². The van der Waals surface area contributed by atoms with Crippen molar-refractivity contribution in [2.45, 2.75) is 85.9 Å². The average Bonchev–Trinajstić information content (AvgIpc) is 2.78. The van der Waals surface area contributed by atoms with Gasteiger partial charge in [-0.25, -0.2) is 13.6 Å². The standard InChI is InChI=1S/C29H45F2N3O4/c1-12-38-27(37)18(4)13-22(17(2)3)34(11)26(36)24(28(5,6)7)33-25(35)23(32-10)29(8,9)19-14-20(30)16-21(31)15-19/h13-17,22-24,32H,12H2,1-11H3,(H,33,35)/b18-13+/t22-,23+,24-/m1/s1. The van der Waals surface area contributed by atoms with Gasteiger partial charge < -0.3 is 20.3 Å². The van der Waals surface area contributed by atoms with Crippen LogP contribution in [0, 0.1) is 23.0 Å². The normalized spacial score (nSPS) is 15.1. The van der Waals surface area contributed by atoms with Gasteiger partial charge in [-0.2, -0.15) is 0 Å². The van der Waals surface area contributed by atoms with Crippen molar-refractivity contribution in [1.82, 2.24) is 15.5 Å². The number of ether oxygens (including phenoxy) is 1. The number of likely N-dealkylation sites (N-methyl/N-ethyl adjacent to an activating group) is 2. The molecule has 38 heavy (non-hydrogen) atoms. The Morgan fingerprint density at radius 2 is 1.55 bits per heavy atom. The molecule has 214 valence electrons. The largest absolute Gasteiger partial charge is 0.463 e. The summed E-state index contributed by atoms with van der Waals surface area (Å²) < 4.78 is 33.0. The molecule has 3 atom stereocenters. The molecule has 0 heterocycles. The second kappa shape index (κ2) is 13.3. The molecule has 1 rings (SSSR count). The molecule has 0 aliphatic heterocycles. The smallest absolute Gasteiger partial charge is 0.333 e. The SMILES string of the molecule is CCOC(=O)/C(C)=C/[C@H](C(C)C)N(C)C(=O)[C@@H](NC(=O)[C@H](NC)C(C)(C)c1cc(F)cc(F)c1)C(C)(C)C. The molecule has 0 aromatic heterocycles. The highest BCUT2D eigenvalue weighted by Crippen LogP contribution is 2.30. The highest BCUT2D eigenvalue weighted by molar-refractivity contribution is 5.92. The van der Waals surface area contributed by atoms with Gasteiger partial charge in [-0.1, -0.05) is 54.5 Å². The summed E-state index contributed by atoms with van der Waals surface area (Å²) in [7, 11) is 3.22. The second-order valence-electron chi connectivity index (χ2n) is 11.7. The summed E-state index contributed by atoms with van der Waals surface area (Å²) in [6, 6.07) is 0.924. The number of carbonyl (C=O) groups is 3. The first-order valence-electron chi connectivity index (χ1n) is 12.9. The fraction of sp³-hybridized carbons (Fsp3) is 0.621. The van der Waals surface area contributed by atoms with Gasteiger partial charge in [-0.05, 0) is 49.9 Å². The van der Waals surface area contributed by atoms with Gasteiger partial charge >= 0.3 is 5.97 Å². The zero-order chi connectivity index (χ0) is 29.6. The Kier molecular flexibility index (Phi) is 11.6. The zero-order valence-corrected chi connectivity index (χ0v) is 24.7. The van der Waals surface area contributed by atoms with Crippen molar-refractivity contribution in [3.05, 3.63) is 47.0 Å². The van der Waals surface area contributed by atoms with Crippen molar-refractivity contribution in [2.75, 3.05) is 20.7 Å². The van der Waals surface area contributed by atoms with E-state index in [-0.39, 0.29) is 18.4 Å². The van der Waals surface area contributed by atoms with Crippen molar-refractivity contribution in [3.8, 4) is 0 Å². The molecule has 7 nitrogen and oxygen atoms in total. The second-order valence-corrected chi connectivity index (χ2v) is 11.7. The molecule has 0 saturated carbocycles. The van der Waals surface area contributed by atoms with Gasteiger partial charge in [-0.3, -0.25) is 9.59 Å². The van der Waals surface area contributed by atoms with Crippen LogP contribution in [0.4, 0.5) is 8.78 Å². The van der Waals surface area contributed by atoms with Crippen molar-refractivity contribution < 1.29 is 27.9 Å². The first-order chi connectivity index (χ1) is 17.4. The van der Waals surface area contributed by atoms with Crippen LogP contribution in [-0.2, 0) is 24.5 Å². The van der Waals surface area contributed by atoms with E-state index in [1.165, 1.54) is 17.0 Å². The molecule has 0 radical (unpaired) electrons. The average molecular weight is 538 g/mol. The first-order valence-corrected chi connectivity index (χ1v) is 12.9. The summed E-state index contributed by atoms with van der Waals surface area (Å²) in [6.45, 7) is 16.4. The lowest BCUT2D eigenvalue weighted by atomic mass is 9.76. The third kappa shape index (κ3) is 8.35. The maximum Gasteiger partial charge on any atom is 0.333 e. The molecule has 1 aromatic rings. The van der Waals surface area contributed by atoms with Gasteiger partial charge in [0.15, 0.2) is 0 Å². The molecule has 0 spiro atoms. The quantitative estimate of drug-likeness (QED) is 0.324. The number of nitrogens with one attached hydrogen (secondary N) is 2. The first kappa shape index (κ1) is 33.2. The molecular formula is C29H45F2N3O4. The van der Waals surface area contributed by atoms with Crippen LogP contribution in [0.2, 0.25) is 0 Å². The van der Waals surface area contributed by atoms with E-state index in [9.17, 15) is 23.2 Å². The van der Waals surface area contributed by atoms with Crippen LogP contribution in [0.3, 0.4) is 0 Å². The molecular weight excluding hydrogens is 492 g/mol. The van der Waals surface area contributed by atoms with Gasteiger partial charge in [0.1, 0.15) is 17.7 Å². The molecule has 0 fully saturated rings. The molecule has 9 heteroatoms. The Hall–Kier alpha value is -2.81. The van der Waals surface area contributed by atoms with E-state index < -0.39 is 52.5 Å². The Balaban J connectivity index is 3.35. The van der Waals surface area contributed by atoms with Crippen LogP contribution in [0.25, 0.3) is 0 Å². The molecule has 0 aliphatic rings. The topological polar surface area (TPSA) is 87.7 Å². The summed E-state index contributed by atoms with van der Waals surface area (Å²) >= 11 is 0. The van der Waals surface area contributed by atoms with E-state index in [0.717, 1.165) is 6.07 Å². The van der Waals surface area contributed by atoms with Crippen LogP contribution in [0.15, 0.2) is 29.8 Å². The summed E-state index contributed by atoms with van der Waals surface area (Å²) in [5, 5.41) is 5.84. The van der Waals surface area contributed by atoms with Crippen molar-refractivity contribution in [1.29, 1.82) is 0 Å². The van der Waals surface area contributed by atoms with E-state index in [1.807, 2.05) is 34.6 Å². The number of esters is 1. The monoisotopic (exact) mass is 537 g/mol. The summed E-state index contributed by atoms with van der Waals surface area (Å²) in [4.78, 5) is 41.1. The Morgan fingerprint density at radius 1 is 1.03 bits per heavy atom. The van der Waals surface area contributed by atoms with Crippen LogP contribution in [0.1, 0.15) is 67.9 Å².